The van der Waals surface area contributed by atoms with E-state index < -0.39 is 0 Å². The predicted molar refractivity (Wildman–Crippen MR) is 228 cm³/mol. The van der Waals surface area contributed by atoms with Gasteiger partial charge in [-0.15, -0.1) is 0 Å². The third-order valence-electron chi connectivity index (χ3n) is 11.4. The number of carbonyl (C=O) groups excluding carboxylic acids is 2. The van der Waals surface area contributed by atoms with Gasteiger partial charge in [0.2, 0.25) is 11.8 Å². The van der Waals surface area contributed by atoms with Gasteiger partial charge in [-0.2, -0.15) is 0 Å². The quantitative estimate of drug-likeness (QED) is 0.0532. The number of aromatic nitrogens is 2. The molecule has 6 nitrogen and oxygen atoms in total. The van der Waals surface area contributed by atoms with Crippen LogP contribution >= 0.6 is 0 Å². The summed E-state index contributed by atoms with van der Waals surface area (Å²) in [6.07, 6.45) is 45.9. The molecule has 6 heteroatoms. The third kappa shape index (κ3) is 23.2. The summed E-state index contributed by atoms with van der Waals surface area (Å²) in [4.78, 5) is 24.0. The Labute approximate surface area is 332 Å². The van der Waals surface area contributed by atoms with Gasteiger partial charge in [0.25, 0.3) is 0 Å². The van der Waals surface area contributed by atoms with Crippen LogP contribution in [0.15, 0.2) is 36.7 Å². The summed E-state index contributed by atoms with van der Waals surface area (Å²) in [6, 6.07) is 7.72. The number of hydrogen-bond donors (Lipinski definition) is 2. The van der Waals surface area contributed by atoms with Gasteiger partial charge in [0.15, 0.2) is 23.8 Å². The number of unbranched alkanes of at least 4 members (excludes halogenated alkanes) is 27. The van der Waals surface area contributed by atoms with Gasteiger partial charge in [-0.3, -0.25) is 9.59 Å². The van der Waals surface area contributed by atoms with Gasteiger partial charge in [0.1, 0.15) is 13.1 Å². The molecule has 0 saturated carbocycles. The smallest absolute Gasteiger partial charge is 0.249 e. The number of nitrogens with two attached hydrogens (primary N) is 2. The minimum Gasteiger partial charge on any atom is -0.366 e. The van der Waals surface area contributed by atoms with Crippen molar-refractivity contribution in [1.29, 1.82) is 0 Å². The van der Waals surface area contributed by atoms with Gasteiger partial charge in [0, 0.05) is 49.9 Å². The van der Waals surface area contributed by atoms with E-state index in [1.165, 1.54) is 178 Å². The Morgan fingerprint density at radius 1 is 0.407 bits per heavy atom. The van der Waals surface area contributed by atoms with Crippen LogP contribution in [0.2, 0.25) is 0 Å². The maximum absolute atomic E-state index is 12.0. The van der Waals surface area contributed by atoms with Crippen molar-refractivity contribution in [3.8, 4) is 0 Å². The van der Waals surface area contributed by atoms with Gasteiger partial charge < -0.3 is 11.5 Å². The molecule has 0 aliphatic carbocycles. The van der Waals surface area contributed by atoms with E-state index in [1.807, 2.05) is 24.3 Å². The lowest BCUT2D eigenvalue weighted by atomic mass is 10.0. The molecule has 0 saturated heterocycles. The van der Waals surface area contributed by atoms with Crippen molar-refractivity contribution in [2.24, 2.45) is 11.5 Å². The van der Waals surface area contributed by atoms with Gasteiger partial charge in [-0.05, 0) is 25.7 Å². The maximum Gasteiger partial charge on any atom is 0.249 e. The van der Waals surface area contributed by atoms with E-state index in [2.05, 4.69) is 35.4 Å². The van der Waals surface area contributed by atoms with Crippen LogP contribution in [0.3, 0.4) is 0 Å². The van der Waals surface area contributed by atoms with Crippen molar-refractivity contribution in [3.63, 3.8) is 0 Å². The summed E-state index contributed by atoms with van der Waals surface area (Å²) < 4.78 is 4.66. The molecule has 0 bridgehead atoms. The van der Waals surface area contributed by atoms with E-state index in [0.717, 1.165) is 51.6 Å². The Kier molecular flexibility index (Phi) is 28.5. The first kappa shape index (κ1) is 47.4. The molecule has 0 spiro atoms. The van der Waals surface area contributed by atoms with Crippen molar-refractivity contribution >= 4 is 11.8 Å². The summed E-state index contributed by atoms with van der Waals surface area (Å²) in [5.74, 6) is -0.736. The average molecular weight is 749 g/mol. The molecule has 2 amide bonds. The van der Waals surface area contributed by atoms with Gasteiger partial charge >= 0.3 is 0 Å². The second-order valence-electron chi connectivity index (χ2n) is 16.3. The molecule has 306 valence electrons. The highest BCUT2D eigenvalue weighted by molar-refractivity contribution is 5.93. The minimum atomic E-state index is -0.368. The number of carbonyl (C=O) groups is 2. The summed E-state index contributed by atoms with van der Waals surface area (Å²) in [7, 11) is 0. The topological polar surface area (TPSA) is 93.9 Å². The molecule has 2 aromatic heterocycles. The molecule has 2 aromatic rings. The lowest BCUT2D eigenvalue weighted by molar-refractivity contribution is -0.705. The molecule has 0 radical (unpaired) electrons. The van der Waals surface area contributed by atoms with Crippen LogP contribution in [0.4, 0.5) is 0 Å². The van der Waals surface area contributed by atoms with Gasteiger partial charge in [-0.25, -0.2) is 9.13 Å². The zero-order valence-corrected chi connectivity index (χ0v) is 35.4. The zero-order valence-electron chi connectivity index (χ0n) is 35.4. The summed E-state index contributed by atoms with van der Waals surface area (Å²) >= 11 is 0. The van der Waals surface area contributed by atoms with Gasteiger partial charge in [-0.1, -0.05) is 168 Å². The number of aryl methyl sites for hydroxylation is 4. The van der Waals surface area contributed by atoms with Crippen LogP contribution in [0.5, 0.6) is 0 Å². The van der Waals surface area contributed by atoms with Crippen molar-refractivity contribution < 1.29 is 18.7 Å². The number of rotatable bonds is 37. The van der Waals surface area contributed by atoms with Crippen LogP contribution in [-0.2, 0) is 25.9 Å². The van der Waals surface area contributed by atoms with E-state index in [1.54, 1.807) is 0 Å². The highest BCUT2D eigenvalue weighted by Crippen LogP contribution is 2.15. The Morgan fingerprint density at radius 3 is 0.926 bits per heavy atom. The van der Waals surface area contributed by atoms with E-state index in [4.69, 9.17) is 11.5 Å². The predicted octanol–water partition coefficient (Wildman–Crippen LogP) is 12.0. The largest absolute Gasteiger partial charge is 0.366 e. The molecule has 0 atom stereocenters. The molecular formula is C48H84N4O2+2. The Bertz CT molecular complexity index is 1150. The van der Waals surface area contributed by atoms with Crippen LogP contribution in [0.1, 0.15) is 239 Å². The van der Waals surface area contributed by atoms with Crippen LogP contribution in [0, 0.1) is 0 Å². The molecule has 0 aliphatic heterocycles. The average Bonchev–Trinajstić information content (AvgIpc) is 3.17. The fourth-order valence-electron chi connectivity index (χ4n) is 7.89. The standard InChI is InChI=1S/C48H82N4O2/c1-3-5-7-9-11-13-15-17-19-21-23-25-27-31-37-51-39-35-43(47(49)53)41-45(51)33-29-30-34-46-42-44(48(50)54)36-40-52(46)38-32-28-26-24-22-20-18-16-14-12-10-8-6-4-2/h35-36,39-42H,3-34,37-38H2,1-2H3,(H2-2,49,50,53,54)/p+2. The Morgan fingerprint density at radius 2 is 0.667 bits per heavy atom. The van der Waals surface area contributed by atoms with Crippen LogP contribution in [-0.4, -0.2) is 11.8 Å². The third-order valence-corrected chi connectivity index (χ3v) is 11.4. The fourth-order valence-corrected chi connectivity index (χ4v) is 7.89. The minimum absolute atomic E-state index is 0.368. The Balaban J connectivity index is 1.71. The van der Waals surface area contributed by atoms with E-state index >= 15 is 0 Å². The molecule has 2 rings (SSSR count). The molecule has 0 aromatic carbocycles. The zero-order chi connectivity index (χ0) is 38.9. The number of hydrogen-bond acceptors (Lipinski definition) is 2. The van der Waals surface area contributed by atoms with Crippen LogP contribution in [0.25, 0.3) is 0 Å². The summed E-state index contributed by atoms with van der Waals surface area (Å²) in [6.45, 7) is 6.53. The molecule has 54 heavy (non-hydrogen) atoms. The van der Waals surface area contributed by atoms with Crippen LogP contribution < -0.4 is 20.6 Å². The first-order chi connectivity index (χ1) is 26.5. The van der Waals surface area contributed by atoms with Crippen molar-refractivity contribution in [1.82, 2.24) is 0 Å². The maximum atomic E-state index is 12.0. The fraction of sp³-hybridized carbons (Fsp3) is 0.750. The normalized spacial score (nSPS) is 11.4. The lowest BCUT2D eigenvalue weighted by Gasteiger charge is -2.08. The number of pyridine rings is 2. The summed E-state index contributed by atoms with van der Waals surface area (Å²) in [5.41, 5.74) is 14.9. The monoisotopic (exact) mass is 749 g/mol. The molecule has 0 fully saturated rings. The first-order valence-corrected chi connectivity index (χ1v) is 23.1. The lowest BCUT2D eigenvalue weighted by Crippen LogP contribution is -2.39. The number of amides is 2. The van der Waals surface area contributed by atoms with E-state index in [0.29, 0.717) is 11.1 Å². The first-order valence-electron chi connectivity index (χ1n) is 23.1. The SMILES string of the molecule is CCCCCCCCCCCCCCCC[n+]1ccc(C(N)=O)cc1CCCCc1cc(C(N)=O)cc[n+]1CCCCCCCCCCCCCCCC. The second-order valence-corrected chi connectivity index (χ2v) is 16.3. The van der Waals surface area contributed by atoms with Crippen molar-refractivity contribution in [2.75, 3.05) is 0 Å². The van der Waals surface area contributed by atoms with Crippen molar-refractivity contribution in [3.05, 3.63) is 59.2 Å². The Hall–Kier alpha value is -2.76. The molecule has 0 aliphatic rings. The number of nitrogens with zero attached hydrogens (tertiary/aromatic N) is 2. The van der Waals surface area contributed by atoms with Crippen molar-refractivity contribution in [2.45, 2.75) is 232 Å². The summed E-state index contributed by atoms with van der Waals surface area (Å²) in [5, 5.41) is 0. The van der Waals surface area contributed by atoms with E-state index in [9.17, 15) is 9.59 Å². The molecular weight excluding hydrogens is 665 g/mol. The highest BCUT2D eigenvalue weighted by atomic mass is 16.1. The second kappa shape index (κ2) is 32.5. The molecule has 4 N–H and O–H groups in total. The van der Waals surface area contributed by atoms with Gasteiger partial charge in [0.05, 0.1) is 11.1 Å². The molecule has 0 unspecified atom stereocenters. The molecule has 2 heterocycles. The number of primary amides is 2. The highest BCUT2D eigenvalue weighted by Gasteiger charge is 2.17. The van der Waals surface area contributed by atoms with E-state index in [-0.39, 0.29) is 11.8 Å².